The van der Waals surface area contributed by atoms with Crippen molar-refractivity contribution in [2.24, 2.45) is 5.10 Å². The lowest BCUT2D eigenvalue weighted by molar-refractivity contribution is -0.123. The molecule has 0 heterocycles. The molecule has 6 heteroatoms. The standard InChI is InChI=1S/C19H22FN3O2/c1-3-23(4-2)17-9-5-15(6-10-17)13-21-22-19(24)14-25-18-11-7-16(20)8-12-18/h5-13H,3-4,14H2,1-2H3,(H,22,24). The summed E-state index contributed by atoms with van der Waals surface area (Å²) in [5, 5.41) is 3.90. The summed E-state index contributed by atoms with van der Waals surface area (Å²) in [5.41, 5.74) is 4.43. The van der Waals surface area contributed by atoms with Crippen LogP contribution in [0, 0.1) is 5.82 Å². The van der Waals surface area contributed by atoms with Gasteiger partial charge in [0.15, 0.2) is 6.61 Å². The molecule has 0 saturated carbocycles. The van der Waals surface area contributed by atoms with Gasteiger partial charge in [0, 0.05) is 18.8 Å². The average Bonchev–Trinajstić information content (AvgIpc) is 2.63. The van der Waals surface area contributed by atoms with E-state index in [4.69, 9.17) is 4.74 Å². The van der Waals surface area contributed by atoms with Crippen LogP contribution >= 0.6 is 0 Å². The fourth-order valence-electron chi connectivity index (χ4n) is 2.25. The van der Waals surface area contributed by atoms with E-state index >= 15 is 0 Å². The first kappa shape index (κ1) is 18.4. The second kappa shape index (κ2) is 9.42. The van der Waals surface area contributed by atoms with Gasteiger partial charge in [-0.3, -0.25) is 4.79 Å². The summed E-state index contributed by atoms with van der Waals surface area (Å²) >= 11 is 0. The smallest absolute Gasteiger partial charge is 0.277 e. The molecule has 0 aliphatic rings. The van der Waals surface area contributed by atoms with Gasteiger partial charge in [-0.25, -0.2) is 9.82 Å². The Morgan fingerprint density at radius 3 is 2.36 bits per heavy atom. The molecule has 0 aromatic heterocycles. The fourth-order valence-corrected chi connectivity index (χ4v) is 2.25. The topological polar surface area (TPSA) is 53.9 Å². The number of carbonyl (C=O) groups excluding carboxylic acids is 1. The van der Waals surface area contributed by atoms with E-state index in [1.54, 1.807) is 6.21 Å². The highest BCUT2D eigenvalue weighted by atomic mass is 19.1. The molecule has 0 aliphatic heterocycles. The molecule has 25 heavy (non-hydrogen) atoms. The monoisotopic (exact) mass is 343 g/mol. The van der Waals surface area contributed by atoms with Gasteiger partial charge < -0.3 is 9.64 Å². The Labute approximate surface area is 147 Å². The zero-order valence-corrected chi connectivity index (χ0v) is 14.4. The molecule has 0 unspecified atom stereocenters. The predicted octanol–water partition coefficient (Wildman–Crippen LogP) is 3.20. The third-order valence-electron chi connectivity index (χ3n) is 3.61. The number of hydrogen-bond donors (Lipinski definition) is 1. The molecule has 0 atom stereocenters. The van der Waals surface area contributed by atoms with Crippen molar-refractivity contribution in [2.45, 2.75) is 13.8 Å². The van der Waals surface area contributed by atoms with Crippen LogP contribution in [0.3, 0.4) is 0 Å². The Kier molecular flexibility index (Phi) is 6.95. The minimum absolute atomic E-state index is 0.191. The maximum atomic E-state index is 12.8. The van der Waals surface area contributed by atoms with Gasteiger partial charge in [-0.15, -0.1) is 0 Å². The van der Waals surface area contributed by atoms with E-state index in [2.05, 4.69) is 29.3 Å². The number of benzene rings is 2. The van der Waals surface area contributed by atoms with Crippen molar-refractivity contribution in [3.63, 3.8) is 0 Å². The summed E-state index contributed by atoms with van der Waals surface area (Å²) in [6.45, 7) is 5.94. The first-order valence-electron chi connectivity index (χ1n) is 8.17. The van der Waals surface area contributed by atoms with E-state index in [9.17, 15) is 9.18 Å². The molecule has 132 valence electrons. The summed E-state index contributed by atoms with van der Waals surface area (Å²) in [6.07, 6.45) is 1.57. The van der Waals surface area contributed by atoms with Crippen molar-refractivity contribution in [3.05, 3.63) is 59.9 Å². The lowest BCUT2D eigenvalue weighted by Gasteiger charge is -2.20. The zero-order chi connectivity index (χ0) is 18.1. The van der Waals surface area contributed by atoms with Crippen molar-refractivity contribution in [2.75, 3.05) is 24.6 Å². The second-order valence-corrected chi connectivity index (χ2v) is 5.30. The molecule has 1 amide bonds. The molecule has 5 nitrogen and oxygen atoms in total. The molecule has 0 fully saturated rings. The van der Waals surface area contributed by atoms with Crippen LogP contribution in [0.15, 0.2) is 53.6 Å². The van der Waals surface area contributed by atoms with Crippen LogP contribution in [0.4, 0.5) is 10.1 Å². The van der Waals surface area contributed by atoms with Gasteiger partial charge >= 0.3 is 0 Å². The lowest BCUT2D eigenvalue weighted by Crippen LogP contribution is -2.24. The van der Waals surface area contributed by atoms with E-state index in [0.29, 0.717) is 5.75 Å². The van der Waals surface area contributed by atoms with Crippen molar-refractivity contribution in [3.8, 4) is 5.75 Å². The first-order chi connectivity index (χ1) is 12.1. The summed E-state index contributed by atoms with van der Waals surface area (Å²) in [4.78, 5) is 13.9. The number of halogens is 1. The van der Waals surface area contributed by atoms with Gasteiger partial charge in [-0.1, -0.05) is 12.1 Å². The van der Waals surface area contributed by atoms with Gasteiger partial charge in [0.2, 0.25) is 0 Å². The largest absolute Gasteiger partial charge is 0.484 e. The van der Waals surface area contributed by atoms with Gasteiger partial charge in [-0.05, 0) is 55.8 Å². The molecule has 2 rings (SSSR count). The van der Waals surface area contributed by atoms with Crippen LogP contribution in [-0.2, 0) is 4.79 Å². The summed E-state index contributed by atoms with van der Waals surface area (Å²) in [5.74, 6) is -0.318. The molecule has 0 bridgehead atoms. The second-order valence-electron chi connectivity index (χ2n) is 5.30. The maximum Gasteiger partial charge on any atom is 0.277 e. The van der Waals surface area contributed by atoms with E-state index in [1.807, 2.05) is 24.3 Å². The predicted molar refractivity (Wildman–Crippen MR) is 97.6 cm³/mol. The molecule has 0 radical (unpaired) electrons. The van der Waals surface area contributed by atoms with Gasteiger partial charge in [-0.2, -0.15) is 5.10 Å². The van der Waals surface area contributed by atoms with Crippen molar-refractivity contribution >= 4 is 17.8 Å². The number of amides is 1. The summed E-state index contributed by atoms with van der Waals surface area (Å²) in [6, 6.07) is 13.4. The Morgan fingerprint density at radius 1 is 1.12 bits per heavy atom. The third kappa shape index (κ3) is 5.91. The van der Waals surface area contributed by atoms with Crippen LogP contribution in [-0.4, -0.2) is 31.8 Å². The molecular weight excluding hydrogens is 321 g/mol. The van der Waals surface area contributed by atoms with Crippen molar-refractivity contribution in [1.82, 2.24) is 5.43 Å². The van der Waals surface area contributed by atoms with Crippen LogP contribution in [0.1, 0.15) is 19.4 Å². The molecule has 2 aromatic rings. The highest BCUT2D eigenvalue weighted by Crippen LogP contribution is 2.14. The molecule has 1 N–H and O–H groups in total. The normalized spacial score (nSPS) is 10.7. The molecule has 0 saturated heterocycles. The number of nitrogens with zero attached hydrogens (tertiary/aromatic N) is 2. The van der Waals surface area contributed by atoms with Gasteiger partial charge in [0.1, 0.15) is 11.6 Å². The summed E-state index contributed by atoms with van der Waals surface area (Å²) in [7, 11) is 0. The van der Waals surface area contributed by atoms with E-state index in [-0.39, 0.29) is 18.3 Å². The van der Waals surface area contributed by atoms with E-state index < -0.39 is 0 Å². The van der Waals surface area contributed by atoms with Crippen molar-refractivity contribution in [1.29, 1.82) is 0 Å². The van der Waals surface area contributed by atoms with Crippen LogP contribution in [0.5, 0.6) is 5.75 Å². The van der Waals surface area contributed by atoms with Crippen LogP contribution in [0.2, 0.25) is 0 Å². The Hall–Kier alpha value is -2.89. The van der Waals surface area contributed by atoms with E-state index in [1.165, 1.54) is 24.3 Å². The number of ether oxygens (including phenoxy) is 1. The van der Waals surface area contributed by atoms with E-state index in [0.717, 1.165) is 24.3 Å². The Bertz CT molecular complexity index is 696. The lowest BCUT2D eigenvalue weighted by atomic mass is 10.2. The Balaban J connectivity index is 1.79. The highest BCUT2D eigenvalue weighted by Gasteiger charge is 2.02. The van der Waals surface area contributed by atoms with Crippen LogP contribution < -0.4 is 15.1 Å². The Morgan fingerprint density at radius 2 is 1.76 bits per heavy atom. The third-order valence-corrected chi connectivity index (χ3v) is 3.61. The number of carbonyl (C=O) groups is 1. The number of hydrazone groups is 1. The average molecular weight is 343 g/mol. The molecule has 2 aromatic carbocycles. The number of rotatable bonds is 8. The van der Waals surface area contributed by atoms with Crippen molar-refractivity contribution < 1.29 is 13.9 Å². The minimum Gasteiger partial charge on any atom is -0.484 e. The quantitative estimate of drug-likeness (QED) is 0.591. The van der Waals surface area contributed by atoms with Gasteiger partial charge in [0.05, 0.1) is 6.21 Å². The maximum absolute atomic E-state index is 12.8. The number of anilines is 1. The number of hydrogen-bond acceptors (Lipinski definition) is 4. The van der Waals surface area contributed by atoms with Crippen LogP contribution in [0.25, 0.3) is 0 Å². The highest BCUT2D eigenvalue weighted by molar-refractivity contribution is 5.83. The fraction of sp³-hybridized carbons (Fsp3) is 0.263. The first-order valence-corrected chi connectivity index (χ1v) is 8.17. The number of nitrogens with one attached hydrogen (secondary N) is 1. The SMILES string of the molecule is CCN(CC)c1ccc(C=NNC(=O)COc2ccc(F)cc2)cc1. The molecular formula is C19H22FN3O2. The molecule has 0 spiro atoms. The van der Waals surface area contributed by atoms with Gasteiger partial charge in [0.25, 0.3) is 5.91 Å². The minimum atomic E-state index is -0.389. The summed E-state index contributed by atoms with van der Waals surface area (Å²) < 4.78 is 18.0. The molecule has 0 aliphatic carbocycles. The zero-order valence-electron chi connectivity index (χ0n) is 14.4.